The fourth-order valence-electron chi connectivity index (χ4n) is 3.95. The van der Waals surface area contributed by atoms with Gasteiger partial charge in [-0.1, -0.05) is 13.0 Å². The van der Waals surface area contributed by atoms with E-state index >= 15 is 0 Å². The molecule has 0 aliphatic carbocycles. The molecule has 1 amide bonds. The van der Waals surface area contributed by atoms with Crippen molar-refractivity contribution >= 4 is 11.9 Å². The summed E-state index contributed by atoms with van der Waals surface area (Å²) < 4.78 is 53.0. The first kappa shape index (κ1) is 22.6. The van der Waals surface area contributed by atoms with E-state index in [9.17, 15) is 22.4 Å². The SMILES string of the molecule is CC1CCCN(C(=O)c2c(F)cccc2-n2nccn2)C1CNc1ncc(C(F)(F)F)cn1. The largest absolute Gasteiger partial charge is 0.419 e. The number of carbonyl (C=O) groups excluding carboxylic acids is 1. The van der Waals surface area contributed by atoms with Crippen LogP contribution in [0.25, 0.3) is 5.69 Å². The number of carbonyl (C=O) groups is 1. The molecule has 2 atom stereocenters. The number of nitrogens with one attached hydrogen (secondary N) is 1. The minimum absolute atomic E-state index is 0.0143. The molecule has 174 valence electrons. The maximum Gasteiger partial charge on any atom is 0.419 e. The van der Waals surface area contributed by atoms with Gasteiger partial charge in [0, 0.05) is 25.5 Å². The molecule has 1 N–H and O–H groups in total. The van der Waals surface area contributed by atoms with E-state index in [1.165, 1.54) is 29.3 Å². The third kappa shape index (κ3) is 4.78. The Morgan fingerprint density at radius 3 is 2.55 bits per heavy atom. The standard InChI is InChI=1S/C21H21F4N7O/c1-13-4-3-9-31(17(13)12-28-20-26-10-14(11-27-20)21(23,24)25)19(33)18-15(22)5-2-6-16(18)32-29-7-8-30-32/h2,5-8,10-11,13,17H,3-4,9,12H2,1H3,(H,26,27,28). The molecule has 8 nitrogen and oxygen atoms in total. The van der Waals surface area contributed by atoms with Crippen LogP contribution in [0.3, 0.4) is 0 Å². The Hall–Kier alpha value is -3.57. The number of aromatic nitrogens is 5. The van der Waals surface area contributed by atoms with Crippen molar-refractivity contribution in [3.63, 3.8) is 0 Å². The van der Waals surface area contributed by atoms with Crippen LogP contribution in [0, 0.1) is 11.7 Å². The summed E-state index contributed by atoms with van der Waals surface area (Å²) in [6.45, 7) is 2.57. The Morgan fingerprint density at radius 1 is 1.18 bits per heavy atom. The molecule has 1 aromatic carbocycles. The first-order chi connectivity index (χ1) is 15.8. The molecule has 12 heteroatoms. The molecule has 0 saturated carbocycles. The molecule has 2 aromatic heterocycles. The zero-order valence-corrected chi connectivity index (χ0v) is 17.6. The summed E-state index contributed by atoms with van der Waals surface area (Å²) >= 11 is 0. The second-order valence-electron chi connectivity index (χ2n) is 7.81. The first-order valence-electron chi connectivity index (χ1n) is 10.3. The second kappa shape index (κ2) is 9.12. The molecule has 0 spiro atoms. The summed E-state index contributed by atoms with van der Waals surface area (Å²) in [6, 6.07) is 3.89. The smallest absolute Gasteiger partial charge is 0.352 e. The van der Waals surface area contributed by atoms with E-state index in [2.05, 4.69) is 25.5 Å². The van der Waals surface area contributed by atoms with Crippen LogP contribution < -0.4 is 5.32 Å². The van der Waals surface area contributed by atoms with Gasteiger partial charge in [-0.05, 0) is 30.9 Å². The summed E-state index contributed by atoms with van der Waals surface area (Å²) in [7, 11) is 0. The summed E-state index contributed by atoms with van der Waals surface area (Å²) in [5.74, 6) is -1.12. The van der Waals surface area contributed by atoms with E-state index < -0.39 is 23.5 Å². The molecule has 0 radical (unpaired) electrons. The lowest BCUT2D eigenvalue weighted by molar-refractivity contribution is -0.138. The molecular weight excluding hydrogens is 442 g/mol. The number of hydrogen-bond acceptors (Lipinski definition) is 6. The zero-order valence-electron chi connectivity index (χ0n) is 17.6. The van der Waals surface area contributed by atoms with Crippen molar-refractivity contribution in [2.75, 3.05) is 18.4 Å². The number of alkyl halides is 3. The molecule has 33 heavy (non-hydrogen) atoms. The molecule has 2 unspecified atom stereocenters. The van der Waals surface area contributed by atoms with Gasteiger partial charge in [-0.15, -0.1) is 0 Å². The predicted octanol–water partition coefficient (Wildman–Crippen LogP) is 3.57. The van der Waals surface area contributed by atoms with Gasteiger partial charge >= 0.3 is 6.18 Å². The minimum atomic E-state index is -4.53. The molecular formula is C21H21F4N7O. The summed E-state index contributed by atoms with van der Waals surface area (Å²) in [4.78, 5) is 23.7. The monoisotopic (exact) mass is 463 g/mol. The highest BCUT2D eigenvalue weighted by atomic mass is 19.4. The van der Waals surface area contributed by atoms with Gasteiger partial charge in [0.15, 0.2) is 0 Å². The molecule has 3 aromatic rings. The summed E-state index contributed by atoms with van der Waals surface area (Å²) in [5, 5.41) is 10.9. The van der Waals surface area contributed by atoms with Crippen molar-refractivity contribution in [2.24, 2.45) is 5.92 Å². The average Bonchev–Trinajstić information content (AvgIpc) is 3.32. The molecule has 1 saturated heterocycles. The first-order valence-corrected chi connectivity index (χ1v) is 10.3. The van der Waals surface area contributed by atoms with Gasteiger partial charge in [0.25, 0.3) is 5.91 Å². The quantitative estimate of drug-likeness (QED) is 0.582. The topological polar surface area (TPSA) is 88.8 Å². The van der Waals surface area contributed by atoms with Crippen molar-refractivity contribution in [1.82, 2.24) is 29.9 Å². The third-order valence-corrected chi connectivity index (χ3v) is 5.66. The van der Waals surface area contributed by atoms with Gasteiger partial charge in [-0.3, -0.25) is 4.79 Å². The molecule has 1 fully saturated rings. The molecule has 3 heterocycles. The lowest BCUT2D eigenvalue weighted by atomic mass is 9.90. The number of nitrogens with zero attached hydrogens (tertiary/aromatic N) is 6. The van der Waals surface area contributed by atoms with E-state index in [1.54, 1.807) is 11.0 Å². The van der Waals surface area contributed by atoms with Crippen LogP contribution in [0.15, 0.2) is 43.0 Å². The van der Waals surface area contributed by atoms with Crippen molar-refractivity contribution in [1.29, 1.82) is 0 Å². The lowest BCUT2D eigenvalue weighted by Crippen LogP contribution is -2.51. The van der Waals surface area contributed by atoms with Gasteiger partial charge in [-0.2, -0.15) is 28.2 Å². The van der Waals surface area contributed by atoms with Crippen molar-refractivity contribution < 1.29 is 22.4 Å². The number of anilines is 1. The van der Waals surface area contributed by atoms with Gasteiger partial charge in [0.2, 0.25) is 5.95 Å². The number of hydrogen-bond donors (Lipinski definition) is 1. The van der Waals surface area contributed by atoms with Gasteiger partial charge in [0.05, 0.1) is 24.0 Å². The van der Waals surface area contributed by atoms with E-state index in [0.29, 0.717) is 18.9 Å². The van der Waals surface area contributed by atoms with Crippen LogP contribution in [0.4, 0.5) is 23.5 Å². The van der Waals surface area contributed by atoms with Crippen LogP contribution >= 0.6 is 0 Å². The summed E-state index contributed by atoms with van der Waals surface area (Å²) in [6.07, 6.45) is 1.31. The fraction of sp³-hybridized carbons (Fsp3) is 0.381. The Kier molecular flexibility index (Phi) is 6.25. The Labute approximate surface area is 186 Å². The van der Waals surface area contributed by atoms with Gasteiger partial charge in [0.1, 0.15) is 17.1 Å². The highest BCUT2D eigenvalue weighted by Crippen LogP contribution is 2.29. The second-order valence-corrected chi connectivity index (χ2v) is 7.81. The van der Waals surface area contributed by atoms with Crippen molar-refractivity contribution in [3.8, 4) is 5.69 Å². The highest BCUT2D eigenvalue weighted by molar-refractivity contribution is 5.98. The van der Waals surface area contributed by atoms with E-state index in [1.807, 2.05) is 6.92 Å². The number of piperidine rings is 1. The van der Waals surface area contributed by atoms with E-state index in [4.69, 9.17) is 0 Å². The zero-order chi connectivity index (χ0) is 23.6. The summed E-state index contributed by atoms with van der Waals surface area (Å²) in [5.41, 5.74) is -0.866. The Morgan fingerprint density at radius 2 is 1.88 bits per heavy atom. The number of benzene rings is 1. The van der Waals surface area contributed by atoms with Crippen LogP contribution in [0.1, 0.15) is 35.7 Å². The van der Waals surface area contributed by atoms with Gasteiger partial charge < -0.3 is 10.2 Å². The van der Waals surface area contributed by atoms with Crippen molar-refractivity contribution in [2.45, 2.75) is 32.0 Å². The molecule has 1 aliphatic rings. The van der Waals surface area contributed by atoms with Crippen LogP contribution in [-0.2, 0) is 6.18 Å². The molecule has 0 bridgehead atoms. The normalized spacial score (nSPS) is 18.9. The van der Waals surface area contributed by atoms with Gasteiger partial charge in [-0.25, -0.2) is 14.4 Å². The number of amides is 1. The number of likely N-dealkylation sites (tertiary alicyclic amines) is 1. The maximum absolute atomic E-state index is 14.8. The van der Waals surface area contributed by atoms with Crippen LogP contribution in [-0.4, -0.2) is 54.9 Å². The molecule has 1 aliphatic heterocycles. The Bertz CT molecular complexity index is 1100. The highest BCUT2D eigenvalue weighted by Gasteiger charge is 2.35. The van der Waals surface area contributed by atoms with E-state index in [-0.39, 0.29) is 35.7 Å². The third-order valence-electron chi connectivity index (χ3n) is 5.66. The van der Waals surface area contributed by atoms with E-state index in [0.717, 1.165) is 12.8 Å². The predicted molar refractivity (Wildman–Crippen MR) is 110 cm³/mol. The van der Waals surface area contributed by atoms with Crippen LogP contribution in [0.5, 0.6) is 0 Å². The number of rotatable bonds is 5. The number of halogens is 4. The van der Waals surface area contributed by atoms with Crippen molar-refractivity contribution in [3.05, 3.63) is 59.9 Å². The lowest BCUT2D eigenvalue weighted by Gasteiger charge is -2.40. The average molecular weight is 463 g/mol. The fourth-order valence-corrected chi connectivity index (χ4v) is 3.95. The maximum atomic E-state index is 14.8. The minimum Gasteiger partial charge on any atom is -0.352 e. The molecule has 4 rings (SSSR count). The van der Waals surface area contributed by atoms with Crippen LogP contribution in [0.2, 0.25) is 0 Å². The Balaban J connectivity index is 1.56.